The van der Waals surface area contributed by atoms with Crippen molar-refractivity contribution in [1.29, 1.82) is 0 Å². The van der Waals surface area contributed by atoms with Crippen molar-refractivity contribution < 1.29 is 0 Å². The minimum absolute atomic E-state index is 0.00873. The molecule has 0 N–H and O–H groups in total. The van der Waals surface area contributed by atoms with Crippen LogP contribution in [-0.4, -0.2) is 6.71 Å². The van der Waals surface area contributed by atoms with Gasteiger partial charge in [-0.15, -0.1) is 0 Å². The Morgan fingerprint density at radius 1 is 0.417 bits per heavy atom. The molecule has 2 aliphatic carbocycles. The lowest BCUT2D eigenvalue weighted by Gasteiger charge is -2.45. The van der Waals surface area contributed by atoms with E-state index in [4.69, 9.17) is 0 Å². The van der Waals surface area contributed by atoms with Gasteiger partial charge >= 0.3 is 0 Å². The number of fused-ring (bicyclic) bond motifs is 10. The van der Waals surface area contributed by atoms with Crippen LogP contribution in [-0.2, 0) is 21.7 Å². The number of nitrogens with zero attached hydrogens (tertiary/aromatic N) is 2. The highest BCUT2D eigenvalue weighted by molar-refractivity contribution is 7.00. The predicted molar refractivity (Wildman–Crippen MR) is 258 cm³/mol. The zero-order valence-electron chi connectivity index (χ0n) is 37.2. The van der Waals surface area contributed by atoms with Gasteiger partial charge in [0.25, 0.3) is 6.71 Å². The van der Waals surface area contributed by atoms with Gasteiger partial charge in [-0.2, -0.15) is 0 Å². The first-order valence-corrected chi connectivity index (χ1v) is 22.0. The van der Waals surface area contributed by atoms with Crippen LogP contribution in [0.2, 0.25) is 0 Å². The Morgan fingerprint density at radius 3 is 1.23 bits per heavy atom. The molecule has 4 aliphatic rings. The first kappa shape index (κ1) is 37.2. The molecule has 2 aliphatic heterocycles. The molecule has 296 valence electrons. The van der Waals surface area contributed by atoms with E-state index >= 15 is 0 Å². The SMILES string of the molecule is Cc1cc2c3c(c1)N(c1ccc4c(c1)C(C)(C)c1ccccc1-4)c1ccc(C(C)(C)C)cc1B3c1cc(C(C)(C)C)ccc1N2c1ccc2c(c1)C(C)(C)c1ccccc1-2. The Hall–Kier alpha value is -5.80. The average molecular weight is 779 g/mol. The van der Waals surface area contributed by atoms with E-state index in [0.29, 0.717) is 0 Å². The van der Waals surface area contributed by atoms with E-state index in [-0.39, 0.29) is 28.4 Å². The predicted octanol–water partition coefficient (Wildman–Crippen LogP) is 13.3. The summed E-state index contributed by atoms with van der Waals surface area (Å²) in [5.41, 5.74) is 26.4. The summed E-state index contributed by atoms with van der Waals surface area (Å²) in [4.78, 5) is 5.20. The van der Waals surface area contributed by atoms with Gasteiger partial charge in [0.05, 0.1) is 0 Å². The highest BCUT2D eigenvalue weighted by Gasteiger charge is 2.46. The third-order valence-electron chi connectivity index (χ3n) is 14.6. The molecule has 3 heteroatoms. The van der Waals surface area contributed by atoms with Crippen molar-refractivity contribution in [2.75, 3.05) is 9.80 Å². The number of benzene rings is 7. The van der Waals surface area contributed by atoms with E-state index in [9.17, 15) is 0 Å². The molecule has 2 nitrogen and oxygen atoms in total. The molecule has 0 saturated carbocycles. The summed E-state index contributed by atoms with van der Waals surface area (Å²) in [6.45, 7) is 26.0. The van der Waals surface area contributed by atoms with Crippen LogP contribution in [0.15, 0.2) is 133 Å². The lowest BCUT2D eigenvalue weighted by Crippen LogP contribution is -2.61. The molecular formula is C57H55BN2. The van der Waals surface area contributed by atoms with Crippen molar-refractivity contribution in [2.24, 2.45) is 0 Å². The molecule has 2 heterocycles. The quantitative estimate of drug-likeness (QED) is 0.161. The molecular weight excluding hydrogens is 723 g/mol. The molecule has 0 saturated heterocycles. The summed E-state index contributed by atoms with van der Waals surface area (Å²) >= 11 is 0. The minimum atomic E-state index is -0.106. The summed E-state index contributed by atoms with van der Waals surface area (Å²) < 4.78 is 0. The van der Waals surface area contributed by atoms with Crippen molar-refractivity contribution >= 4 is 57.2 Å². The van der Waals surface area contributed by atoms with Crippen LogP contribution in [0.1, 0.15) is 108 Å². The Bertz CT molecular complexity index is 2790. The fourth-order valence-corrected chi connectivity index (χ4v) is 11.3. The largest absolute Gasteiger partial charge is 0.311 e. The van der Waals surface area contributed by atoms with E-state index in [2.05, 4.69) is 219 Å². The monoisotopic (exact) mass is 778 g/mol. The summed E-state index contributed by atoms with van der Waals surface area (Å²) in [6.07, 6.45) is 0. The van der Waals surface area contributed by atoms with Crippen molar-refractivity contribution in [1.82, 2.24) is 0 Å². The van der Waals surface area contributed by atoms with Gasteiger partial charge in [-0.05, 0) is 144 Å². The van der Waals surface area contributed by atoms with E-state index in [1.54, 1.807) is 0 Å². The molecule has 0 spiro atoms. The van der Waals surface area contributed by atoms with Gasteiger partial charge in [-0.1, -0.05) is 154 Å². The molecule has 7 aromatic carbocycles. The average Bonchev–Trinajstić information content (AvgIpc) is 3.58. The van der Waals surface area contributed by atoms with Crippen LogP contribution in [0.5, 0.6) is 0 Å². The molecule has 0 radical (unpaired) electrons. The van der Waals surface area contributed by atoms with E-state index < -0.39 is 0 Å². The van der Waals surface area contributed by atoms with Gasteiger partial charge in [0, 0.05) is 45.0 Å². The lowest BCUT2D eigenvalue weighted by molar-refractivity contribution is 0.590. The second kappa shape index (κ2) is 12.2. The zero-order chi connectivity index (χ0) is 41.8. The van der Waals surface area contributed by atoms with Crippen molar-refractivity contribution in [3.8, 4) is 22.3 Å². The number of hydrogen-bond donors (Lipinski definition) is 0. The molecule has 0 amide bonds. The normalized spacial score (nSPS) is 16.1. The van der Waals surface area contributed by atoms with Gasteiger partial charge in [-0.25, -0.2) is 0 Å². The molecule has 0 bridgehead atoms. The molecule has 0 atom stereocenters. The highest BCUT2D eigenvalue weighted by Crippen LogP contribution is 2.54. The van der Waals surface area contributed by atoms with E-state index in [0.717, 1.165) is 0 Å². The van der Waals surface area contributed by atoms with E-state index in [1.807, 2.05) is 0 Å². The zero-order valence-corrected chi connectivity index (χ0v) is 37.2. The van der Waals surface area contributed by atoms with Crippen LogP contribution in [0, 0.1) is 6.92 Å². The van der Waals surface area contributed by atoms with E-state index in [1.165, 1.54) is 112 Å². The summed E-state index contributed by atoms with van der Waals surface area (Å²) in [6, 6.07) is 52.1. The second-order valence-corrected chi connectivity index (χ2v) is 21.2. The topological polar surface area (TPSA) is 6.48 Å². The molecule has 7 aromatic rings. The third kappa shape index (κ3) is 5.08. The Labute approximate surface area is 358 Å². The van der Waals surface area contributed by atoms with Gasteiger partial charge in [-0.3, -0.25) is 0 Å². The van der Waals surface area contributed by atoms with Crippen LogP contribution in [0.25, 0.3) is 22.3 Å². The second-order valence-electron chi connectivity index (χ2n) is 21.2. The lowest BCUT2D eigenvalue weighted by atomic mass is 9.33. The Morgan fingerprint density at radius 2 is 0.817 bits per heavy atom. The number of aryl methyl sites for hydroxylation is 1. The Balaban J connectivity index is 1.20. The van der Waals surface area contributed by atoms with Crippen molar-refractivity contribution in [3.05, 3.63) is 172 Å². The maximum absolute atomic E-state index is 2.60. The standard InChI is InChI=1S/C57H55BN2/c1-34-28-51-53-52(29-34)60(38-23-25-42-40-17-13-15-19-44(40)57(10,11)46(42)33-38)50-27-21-36(55(5,6)7)31-48(50)58(53)47-30-35(54(2,3)4)20-26-49(47)59(51)37-22-24-41-39-16-12-14-18-43(39)56(8,9)45(41)32-37/h12-33H,1-11H3. The number of rotatable bonds is 2. The highest BCUT2D eigenvalue weighted by atomic mass is 15.2. The number of hydrogen-bond acceptors (Lipinski definition) is 2. The van der Waals surface area contributed by atoms with Gasteiger partial charge in [0.2, 0.25) is 0 Å². The Kier molecular flexibility index (Phi) is 7.54. The minimum Gasteiger partial charge on any atom is -0.311 e. The maximum atomic E-state index is 2.60. The third-order valence-corrected chi connectivity index (χ3v) is 14.6. The van der Waals surface area contributed by atoms with Gasteiger partial charge in [0.1, 0.15) is 0 Å². The summed E-state index contributed by atoms with van der Waals surface area (Å²) in [5, 5.41) is 0. The first-order chi connectivity index (χ1) is 28.4. The smallest absolute Gasteiger partial charge is 0.252 e. The number of anilines is 6. The molecule has 11 rings (SSSR count). The fourth-order valence-electron chi connectivity index (χ4n) is 11.3. The molecule has 0 unspecified atom stereocenters. The van der Waals surface area contributed by atoms with Crippen LogP contribution in [0.4, 0.5) is 34.1 Å². The molecule has 60 heavy (non-hydrogen) atoms. The van der Waals surface area contributed by atoms with Crippen molar-refractivity contribution in [3.63, 3.8) is 0 Å². The van der Waals surface area contributed by atoms with Crippen molar-refractivity contribution in [2.45, 2.75) is 97.8 Å². The van der Waals surface area contributed by atoms with Gasteiger partial charge in [0.15, 0.2) is 0 Å². The maximum Gasteiger partial charge on any atom is 0.252 e. The molecule has 0 fully saturated rings. The molecule has 0 aromatic heterocycles. The summed E-state index contributed by atoms with van der Waals surface area (Å²) in [7, 11) is 0. The van der Waals surface area contributed by atoms with Gasteiger partial charge < -0.3 is 9.80 Å². The fraction of sp³-hybridized carbons (Fsp3) is 0.263. The van der Waals surface area contributed by atoms with Crippen LogP contribution in [0.3, 0.4) is 0 Å². The first-order valence-electron chi connectivity index (χ1n) is 22.0. The van der Waals surface area contributed by atoms with Crippen LogP contribution < -0.4 is 26.2 Å². The summed E-state index contributed by atoms with van der Waals surface area (Å²) in [5.74, 6) is 0. The van der Waals surface area contributed by atoms with Crippen LogP contribution >= 0.6 is 0 Å².